The Kier molecular flexibility index (Phi) is 6.70. The Morgan fingerprint density at radius 1 is 1.44 bits per heavy atom. The molecule has 0 N–H and O–H groups in total. The fourth-order valence-corrected chi connectivity index (χ4v) is 0.504. The molecule has 1 nitrogen and oxygen atoms in total. The van der Waals surface area contributed by atoms with Crippen molar-refractivity contribution in [1.29, 1.82) is 0 Å². The minimum atomic E-state index is 0.750. The van der Waals surface area contributed by atoms with E-state index in [1.54, 1.807) is 0 Å². The van der Waals surface area contributed by atoms with Crippen molar-refractivity contribution in [3.05, 3.63) is 25.0 Å². The number of rotatable bonds is 5. The Morgan fingerprint density at radius 2 is 2.22 bits per heavy atom. The summed E-state index contributed by atoms with van der Waals surface area (Å²) in [7, 11) is 0. The molecule has 0 saturated carbocycles. The molecule has 0 aromatic rings. The van der Waals surface area contributed by atoms with Crippen molar-refractivity contribution < 1.29 is 4.74 Å². The summed E-state index contributed by atoms with van der Waals surface area (Å²) in [6.45, 7) is 6.30. The van der Waals surface area contributed by atoms with Crippen LogP contribution >= 0.6 is 0 Å². The summed E-state index contributed by atoms with van der Waals surface area (Å²) in [4.78, 5) is 0. The van der Waals surface area contributed by atoms with Crippen LogP contribution in [0.25, 0.3) is 0 Å². The maximum Gasteiger partial charge on any atom is 0.0907 e. The second-order valence-electron chi connectivity index (χ2n) is 1.71. The fourth-order valence-electron chi connectivity index (χ4n) is 0.504. The van der Waals surface area contributed by atoms with Crippen molar-refractivity contribution in [2.45, 2.75) is 19.8 Å². The van der Waals surface area contributed by atoms with E-state index in [1.165, 1.54) is 6.26 Å². The summed E-state index contributed by atoms with van der Waals surface area (Å²) in [6, 6.07) is 0. The van der Waals surface area contributed by atoms with Crippen LogP contribution in [0.15, 0.2) is 25.0 Å². The first kappa shape index (κ1) is 8.28. The van der Waals surface area contributed by atoms with Crippen molar-refractivity contribution in [3.63, 3.8) is 0 Å². The average molecular weight is 126 g/mol. The SMILES string of the molecule is C=COCCC=CCC. The van der Waals surface area contributed by atoms with Crippen LogP contribution < -0.4 is 0 Å². The number of ether oxygens (including phenoxy) is 1. The summed E-state index contributed by atoms with van der Waals surface area (Å²) in [5.41, 5.74) is 0. The van der Waals surface area contributed by atoms with Gasteiger partial charge in [0.2, 0.25) is 0 Å². The largest absolute Gasteiger partial charge is 0.501 e. The van der Waals surface area contributed by atoms with Crippen LogP contribution in [-0.4, -0.2) is 6.61 Å². The van der Waals surface area contributed by atoms with Gasteiger partial charge in [-0.3, -0.25) is 0 Å². The third-order valence-corrected chi connectivity index (χ3v) is 0.923. The molecule has 0 spiro atoms. The molecule has 0 aromatic heterocycles. The monoisotopic (exact) mass is 126 g/mol. The first-order valence-electron chi connectivity index (χ1n) is 3.29. The molecule has 0 fully saturated rings. The van der Waals surface area contributed by atoms with Gasteiger partial charge >= 0.3 is 0 Å². The third kappa shape index (κ3) is 7.28. The highest BCUT2D eigenvalue weighted by Crippen LogP contribution is 1.86. The zero-order valence-corrected chi connectivity index (χ0v) is 5.97. The minimum absolute atomic E-state index is 0.750. The highest BCUT2D eigenvalue weighted by molar-refractivity contribution is 4.79. The minimum Gasteiger partial charge on any atom is -0.501 e. The van der Waals surface area contributed by atoms with E-state index in [2.05, 4.69) is 25.7 Å². The second kappa shape index (κ2) is 7.28. The standard InChI is InChI=1S/C8H14O/c1-3-5-6-7-8-9-4-2/h4-6H,2-3,7-8H2,1H3. The molecule has 0 radical (unpaired) electrons. The lowest BCUT2D eigenvalue weighted by molar-refractivity contribution is 0.257. The number of allylic oxidation sites excluding steroid dienone is 1. The molecule has 0 bridgehead atoms. The van der Waals surface area contributed by atoms with Crippen LogP contribution in [0.2, 0.25) is 0 Å². The first-order chi connectivity index (χ1) is 4.41. The highest BCUT2D eigenvalue weighted by atomic mass is 16.5. The van der Waals surface area contributed by atoms with Crippen LogP contribution in [0.1, 0.15) is 19.8 Å². The topological polar surface area (TPSA) is 9.23 Å². The smallest absolute Gasteiger partial charge is 0.0907 e. The summed E-state index contributed by atoms with van der Waals surface area (Å²) in [6.07, 6.45) is 7.81. The molecule has 0 aliphatic heterocycles. The Hall–Kier alpha value is -0.720. The molecule has 52 valence electrons. The van der Waals surface area contributed by atoms with Gasteiger partial charge in [-0.15, -0.1) is 0 Å². The molecule has 9 heavy (non-hydrogen) atoms. The fraction of sp³-hybridized carbons (Fsp3) is 0.500. The summed E-state index contributed by atoms with van der Waals surface area (Å²) in [5.74, 6) is 0. The van der Waals surface area contributed by atoms with Crippen LogP contribution in [0.3, 0.4) is 0 Å². The van der Waals surface area contributed by atoms with E-state index < -0.39 is 0 Å². The third-order valence-electron chi connectivity index (χ3n) is 0.923. The zero-order chi connectivity index (χ0) is 6.95. The van der Waals surface area contributed by atoms with E-state index >= 15 is 0 Å². The number of hydrogen-bond donors (Lipinski definition) is 0. The summed E-state index contributed by atoms with van der Waals surface area (Å²) >= 11 is 0. The average Bonchev–Trinajstić information content (AvgIpc) is 1.89. The quantitative estimate of drug-likeness (QED) is 0.312. The lowest BCUT2D eigenvalue weighted by Crippen LogP contribution is -1.81. The van der Waals surface area contributed by atoms with Gasteiger partial charge in [-0.2, -0.15) is 0 Å². The van der Waals surface area contributed by atoms with Crippen LogP contribution in [0, 0.1) is 0 Å². The lowest BCUT2D eigenvalue weighted by atomic mass is 10.3. The zero-order valence-electron chi connectivity index (χ0n) is 5.97. The predicted molar refractivity (Wildman–Crippen MR) is 40.2 cm³/mol. The van der Waals surface area contributed by atoms with Gasteiger partial charge in [0.15, 0.2) is 0 Å². The van der Waals surface area contributed by atoms with E-state index in [1.807, 2.05) is 0 Å². The molecule has 0 unspecified atom stereocenters. The first-order valence-corrected chi connectivity index (χ1v) is 3.29. The molecule has 0 atom stereocenters. The summed E-state index contributed by atoms with van der Waals surface area (Å²) < 4.78 is 4.89. The second-order valence-corrected chi connectivity index (χ2v) is 1.71. The molecule has 0 saturated heterocycles. The van der Waals surface area contributed by atoms with Crippen LogP contribution in [0.4, 0.5) is 0 Å². The van der Waals surface area contributed by atoms with Gasteiger partial charge in [0.1, 0.15) is 0 Å². The molecule has 0 aliphatic rings. The maximum atomic E-state index is 4.89. The molecule has 0 aliphatic carbocycles. The van der Waals surface area contributed by atoms with Gasteiger partial charge in [-0.1, -0.05) is 25.7 Å². The molecular formula is C8H14O. The van der Waals surface area contributed by atoms with Gasteiger partial charge in [0.05, 0.1) is 12.9 Å². The van der Waals surface area contributed by atoms with Crippen LogP contribution in [0.5, 0.6) is 0 Å². The lowest BCUT2D eigenvalue weighted by Gasteiger charge is -1.92. The van der Waals surface area contributed by atoms with Gasteiger partial charge in [0.25, 0.3) is 0 Å². The van der Waals surface area contributed by atoms with Crippen LogP contribution in [-0.2, 0) is 4.74 Å². The normalized spacial score (nSPS) is 9.89. The molecule has 0 rings (SSSR count). The van der Waals surface area contributed by atoms with E-state index in [4.69, 9.17) is 4.74 Å². The maximum absolute atomic E-state index is 4.89. The van der Waals surface area contributed by atoms with Crippen molar-refractivity contribution >= 4 is 0 Å². The molecule has 0 amide bonds. The Morgan fingerprint density at radius 3 is 2.78 bits per heavy atom. The van der Waals surface area contributed by atoms with E-state index in [0.717, 1.165) is 19.4 Å². The van der Waals surface area contributed by atoms with Gasteiger partial charge < -0.3 is 4.74 Å². The van der Waals surface area contributed by atoms with Crippen molar-refractivity contribution in [2.24, 2.45) is 0 Å². The predicted octanol–water partition coefficient (Wildman–Crippen LogP) is 2.50. The van der Waals surface area contributed by atoms with Gasteiger partial charge in [-0.25, -0.2) is 0 Å². The Labute approximate surface area is 57.0 Å². The van der Waals surface area contributed by atoms with Crippen molar-refractivity contribution in [1.82, 2.24) is 0 Å². The van der Waals surface area contributed by atoms with Gasteiger partial charge in [-0.05, 0) is 12.8 Å². The molecular weight excluding hydrogens is 112 g/mol. The van der Waals surface area contributed by atoms with E-state index in [-0.39, 0.29) is 0 Å². The highest BCUT2D eigenvalue weighted by Gasteiger charge is 1.75. The van der Waals surface area contributed by atoms with E-state index in [9.17, 15) is 0 Å². The Balaban J connectivity index is 2.90. The molecule has 0 aromatic carbocycles. The van der Waals surface area contributed by atoms with Crippen molar-refractivity contribution in [2.75, 3.05) is 6.61 Å². The van der Waals surface area contributed by atoms with E-state index in [0.29, 0.717) is 0 Å². The Bertz CT molecular complexity index is 84.6. The molecule has 0 heterocycles. The summed E-state index contributed by atoms with van der Waals surface area (Å²) in [5, 5.41) is 0. The van der Waals surface area contributed by atoms with Gasteiger partial charge in [0, 0.05) is 0 Å². The molecule has 1 heteroatoms. The van der Waals surface area contributed by atoms with Crippen molar-refractivity contribution in [3.8, 4) is 0 Å². The number of hydrogen-bond acceptors (Lipinski definition) is 1.